The van der Waals surface area contributed by atoms with Gasteiger partial charge < -0.3 is 19.5 Å². The predicted molar refractivity (Wildman–Crippen MR) is 88.1 cm³/mol. The Kier molecular flexibility index (Phi) is 5.36. The molecule has 128 valence electrons. The van der Waals surface area contributed by atoms with Crippen molar-refractivity contribution in [3.63, 3.8) is 0 Å². The molecule has 0 bridgehead atoms. The van der Waals surface area contributed by atoms with Crippen molar-refractivity contribution in [1.29, 1.82) is 0 Å². The topological polar surface area (TPSA) is 60.0 Å². The number of piperazine rings is 1. The summed E-state index contributed by atoms with van der Waals surface area (Å²) in [5, 5.41) is 3.32. The SMILES string of the molecule is COc1ccc(C2CNCCN2C(=O)OC(C)(C)C)c(OC)c1. The van der Waals surface area contributed by atoms with Crippen LogP contribution in [0.15, 0.2) is 18.2 Å². The lowest BCUT2D eigenvalue weighted by Gasteiger charge is -2.37. The number of nitrogens with one attached hydrogen (secondary N) is 1. The number of rotatable bonds is 3. The molecule has 0 aromatic heterocycles. The van der Waals surface area contributed by atoms with Gasteiger partial charge in [-0.3, -0.25) is 4.90 Å². The zero-order chi connectivity index (χ0) is 17.0. The highest BCUT2D eigenvalue weighted by Crippen LogP contribution is 2.34. The maximum absolute atomic E-state index is 12.5. The molecule has 23 heavy (non-hydrogen) atoms. The van der Waals surface area contributed by atoms with E-state index in [2.05, 4.69) is 5.32 Å². The molecule has 6 nitrogen and oxygen atoms in total. The molecular formula is C17H26N2O4. The van der Waals surface area contributed by atoms with Crippen LogP contribution in [0.2, 0.25) is 0 Å². The van der Waals surface area contributed by atoms with Gasteiger partial charge >= 0.3 is 6.09 Å². The van der Waals surface area contributed by atoms with E-state index in [9.17, 15) is 4.79 Å². The molecule has 0 spiro atoms. The third-order valence-electron chi connectivity index (χ3n) is 3.67. The fourth-order valence-corrected chi connectivity index (χ4v) is 2.61. The monoisotopic (exact) mass is 322 g/mol. The van der Waals surface area contributed by atoms with Gasteiger partial charge in [0.2, 0.25) is 0 Å². The molecule has 1 fully saturated rings. The molecule has 1 unspecified atom stereocenters. The van der Waals surface area contributed by atoms with E-state index in [1.54, 1.807) is 19.1 Å². The summed E-state index contributed by atoms with van der Waals surface area (Å²) >= 11 is 0. The number of hydrogen-bond acceptors (Lipinski definition) is 5. The Morgan fingerprint density at radius 1 is 1.26 bits per heavy atom. The lowest BCUT2D eigenvalue weighted by molar-refractivity contribution is 0.0116. The van der Waals surface area contributed by atoms with Crippen molar-refractivity contribution in [2.45, 2.75) is 32.4 Å². The highest BCUT2D eigenvalue weighted by atomic mass is 16.6. The van der Waals surface area contributed by atoms with Crippen molar-refractivity contribution in [2.75, 3.05) is 33.9 Å². The molecule has 6 heteroatoms. The van der Waals surface area contributed by atoms with Crippen molar-refractivity contribution < 1.29 is 19.0 Å². The van der Waals surface area contributed by atoms with Gasteiger partial charge in [0.15, 0.2) is 0 Å². The van der Waals surface area contributed by atoms with Crippen LogP contribution in [0.3, 0.4) is 0 Å². The Balaban J connectivity index is 2.29. The summed E-state index contributed by atoms with van der Waals surface area (Å²) in [7, 11) is 3.23. The number of carbonyl (C=O) groups excluding carboxylic acids is 1. The number of hydrogen-bond donors (Lipinski definition) is 1. The average molecular weight is 322 g/mol. The minimum atomic E-state index is -0.517. The van der Waals surface area contributed by atoms with E-state index in [-0.39, 0.29) is 12.1 Å². The van der Waals surface area contributed by atoms with Crippen molar-refractivity contribution in [1.82, 2.24) is 10.2 Å². The summed E-state index contributed by atoms with van der Waals surface area (Å²) in [5.41, 5.74) is 0.419. The molecule has 1 N–H and O–H groups in total. The average Bonchev–Trinajstić information content (AvgIpc) is 2.52. The van der Waals surface area contributed by atoms with Crippen LogP contribution in [-0.2, 0) is 4.74 Å². The van der Waals surface area contributed by atoms with Crippen LogP contribution in [0.25, 0.3) is 0 Å². The highest BCUT2D eigenvalue weighted by molar-refractivity contribution is 5.69. The minimum absolute atomic E-state index is 0.139. The fourth-order valence-electron chi connectivity index (χ4n) is 2.61. The standard InChI is InChI=1S/C17H26N2O4/c1-17(2,3)23-16(20)19-9-8-18-11-14(19)13-7-6-12(21-4)10-15(13)22-5/h6-7,10,14,18H,8-9,11H2,1-5H3. The Labute approximate surface area is 137 Å². The van der Waals surface area contributed by atoms with E-state index in [1.165, 1.54) is 0 Å². The van der Waals surface area contributed by atoms with Gasteiger partial charge in [-0.15, -0.1) is 0 Å². The normalized spacial score (nSPS) is 18.5. The first-order valence-corrected chi connectivity index (χ1v) is 7.78. The number of carbonyl (C=O) groups is 1. The van der Waals surface area contributed by atoms with Crippen molar-refractivity contribution in [3.8, 4) is 11.5 Å². The summed E-state index contributed by atoms with van der Waals surface area (Å²) in [6.45, 7) is 7.60. The molecule has 0 aliphatic carbocycles. The van der Waals surface area contributed by atoms with E-state index in [0.29, 0.717) is 18.8 Å². The summed E-state index contributed by atoms with van der Waals surface area (Å²) < 4.78 is 16.3. The van der Waals surface area contributed by atoms with Crippen LogP contribution in [0.5, 0.6) is 11.5 Å². The maximum atomic E-state index is 12.5. The third-order valence-corrected chi connectivity index (χ3v) is 3.67. The van der Waals surface area contributed by atoms with Crippen LogP contribution >= 0.6 is 0 Å². The Morgan fingerprint density at radius 3 is 2.61 bits per heavy atom. The second kappa shape index (κ2) is 7.08. The third kappa shape index (κ3) is 4.28. The van der Waals surface area contributed by atoms with Gasteiger partial charge in [0, 0.05) is 31.3 Å². The maximum Gasteiger partial charge on any atom is 0.410 e. The van der Waals surface area contributed by atoms with Crippen molar-refractivity contribution >= 4 is 6.09 Å². The Hall–Kier alpha value is -1.95. The number of methoxy groups -OCH3 is 2. The summed E-state index contributed by atoms with van der Waals surface area (Å²) in [6, 6.07) is 5.50. The summed E-state index contributed by atoms with van der Waals surface area (Å²) in [6.07, 6.45) is -0.304. The molecule has 1 aromatic rings. The first-order valence-electron chi connectivity index (χ1n) is 7.78. The van der Waals surface area contributed by atoms with E-state index in [4.69, 9.17) is 14.2 Å². The lowest BCUT2D eigenvalue weighted by Crippen LogP contribution is -2.50. The molecule has 1 aliphatic rings. The molecule has 1 atom stereocenters. The largest absolute Gasteiger partial charge is 0.497 e. The highest BCUT2D eigenvalue weighted by Gasteiger charge is 2.33. The molecule has 1 aromatic carbocycles. The van der Waals surface area contributed by atoms with Crippen LogP contribution in [0, 0.1) is 0 Å². The van der Waals surface area contributed by atoms with Gasteiger partial charge in [0.05, 0.1) is 20.3 Å². The first kappa shape index (κ1) is 17.4. The van der Waals surface area contributed by atoms with Crippen molar-refractivity contribution in [3.05, 3.63) is 23.8 Å². The van der Waals surface area contributed by atoms with Gasteiger partial charge in [0.1, 0.15) is 17.1 Å². The van der Waals surface area contributed by atoms with E-state index in [1.807, 2.05) is 39.0 Å². The predicted octanol–water partition coefficient (Wildman–Crippen LogP) is 2.59. The second-order valence-corrected chi connectivity index (χ2v) is 6.50. The van der Waals surface area contributed by atoms with E-state index >= 15 is 0 Å². The van der Waals surface area contributed by atoms with Gasteiger partial charge in [0.25, 0.3) is 0 Å². The number of amides is 1. The van der Waals surface area contributed by atoms with Gasteiger partial charge in [-0.1, -0.05) is 0 Å². The molecular weight excluding hydrogens is 296 g/mol. The fraction of sp³-hybridized carbons (Fsp3) is 0.588. The second-order valence-electron chi connectivity index (χ2n) is 6.50. The molecule has 0 saturated carbocycles. The molecule has 0 radical (unpaired) electrons. The Bertz CT molecular complexity index is 554. The van der Waals surface area contributed by atoms with Crippen LogP contribution in [0.1, 0.15) is 32.4 Å². The quantitative estimate of drug-likeness (QED) is 0.927. The molecule has 1 saturated heterocycles. The first-order chi connectivity index (χ1) is 10.9. The van der Waals surface area contributed by atoms with Crippen LogP contribution in [-0.4, -0.2) is 50.4 Å². The zero-order valence-electron chi connectivity index (χ0n) is 14.5. The zero-order valence-corrected chi connectivity index (χ0v) is 14.5. The van der Waals surface area contributed by atoms with Gasteiger partial charge in [-0.25, -0.2) is 4.79 Å². The number of benzene rings is 1. The van der Waals surface area contributed by atoms with Crippen LogP contribution < -0.4 is 14.8 Å². The van der Waals surface area contributed by atoms with Gasteiger partial charge in [-0.05, 0) is 32.9 Å². The van der Waals surface area contributed by atoms with Gasteiger partial charge in [-0.2, -0.15) is 0 Å². The molecule has 1 amide bonds. The summed E-state index contributed by atoms with van der Waals surface area (Å²) in [5.74, 6) is 1.42. The number of ether oxygens (including phenoxy) is 3. The smallest absolute Gasteiger partial charge is 0.410 e. The summed E-state index contributed by atoms with van der Waals surface area (Å²) in [4.78, 5) is 14.3. The molecule has 1 aliphatic heterocycles. The van der Waals surface area contributed by atoms with E-state index in [0.717, 1.165) is 17.9 Å². The van der Waals surface area contributed by atoms with Crippen molar-refractivity contribution in [2.24, 2.45) is 0 Å². The number of nitrogens with zero attached hydrogens (tertiary/aromatic N) is 1. The molecule has 1 heterocycles. The Morgan fingerprint density at radius 2 is 2.00 bits per heavy atom. The minimum Gasteiger partial charge on any atom is -0.497 e. The van der Waals surface area contributed by atoms with E-state index < -0.39 is 5.60 Å². The lowest BCUT2D eigenvalue weighted by atomic mass is 10.0. The molecule has 2 rings (SSSR count). The van der Waals surface area contributed by atoms with Crippen LogP contribution in [0.4, 0.5) is 4.79 Å².